The first-order valence-corrected chi connectivity index (χ1v) is 12.5. The maximum absolute atomic E-state index is 13.5. The number of likely N-dealkylation sites (N-methyl/N-ethyl adjacent to an activating group) is 1. The Morgan fingerprint density at radius 3 is 2.36 bits per heavy atom. The number of carbonyl (C=O) groups excluding carboxylic acids is 2. The fraction of sp³-hybridized carbons (Fsp3) is 0.423. The Morgan fingerprint density at radius 1 is 1.06 bits per heavy atom. The fourth-order valence-corrected chi connectivity index (χ4v) is 4.93. The number of anilines is 2. The number of nitrogens with zero attached hydrogens (tertiary/aromatic N) is 4. The zero-order valence-electron chi connectivity index (χ0n) is 20.7. The summed E-state index contributed by atoms with van der Waals surface area (Å²) in [6.45, 7) is 5.53. The number of rotatable bonds is 9. The van der Waals surface area contributed by atoms with Crippen molar-refractivity contribution in [3.8, 4) is 5.75 Å². The number of nitrogens with one attached hydrogen (secondary N) is 1. The van der Waals surface area contributed by atoms with Gasteiger partial charge in [0, 0.05) is 38.4 Å². The van der Waals surface area contributed by atoms with Crippen LogP contribution >= 0.6 is 12.2 Å². The molecule has 0 radical (unpaired) electrons. The zero-order valence-corrected chi connectivity index (χ0v) is 21.5. The van der Waals surface area contributed by atoms with Gasteiger partial charge in [0.15, 0.2) is 5.11 Å². The second kappa shape index (κ2) is 11.8. The van der Waals surface area contributed by atoms with Gasteiger partial charge in [-0.2, -0.15) is 0 Å². The van der Waals surface area contributed by atoms with Crippen LogP contribution in [0.2, 0.25) is 0 Å². The molecule has 36 heavy (non-hydrogen) atoms. The molecule has 2 saturated heterocycles. The fourth-order valence-electron chi connectivity index (χ4n) is 4.51. The largest absolute Gasteiger partial charge is 0.497 e. The van der Waals surface area contributed by atoms with Crippen LogP contribution < -0.4 is 15.0 Å². The van der Waals surface area contributed by atoms with Gasteiger partial charge in [-0.3, -0.25) is 14.5 Å². The van der Waals surface area contributed by atoms with Crippen molar-refractivity contribution in [3.05, 3.63) is 54.3 Å². The van der Waals surface area contributed by atoms with Gasteiger partial charge < -0.3 is 24.8 Å². The molecule has 2 heterocycles. The summed E-state index contributed by atoms with van der Waals surface area (Å²) in [4.78, 5) is 34.4. The van der Waals surface area contributed by atoms with Crippen molar-refractivity contribution >= 4 is 40.5 Å². The highest BCUT2D eigenvalue weighted by atomic mass is 32.1. The van der Waals surface area contributed by atoms with E-state index in [1.54, 1.807) is 31.4 Å². The summed E-state index contributed by atoms with van der Waals surface area (Å²) in [5.41, 5.74) is 1.11. The van der Waals surface area contributed by atoms with E-state index in [2.05, 4.69) is 22.2 Å². The van der Waals surface area contributed by atoms with Gasteiger partial charge in [-0.25, -0.2) is 4.39 Å². The minimum Gasteiger partial charge on any atom is -0.497 e. The smallest absolute Gasteiger partial charge is 0.256 e. The maximum Gasteiger partial charge on any atom is 0.256 e. The van der Waals surface area contributed by atoms with Gasteiger partial charge in [0.1, 0.15) is 17.6 Å². The molecule has 0 aromatic heterocycles. The van der Waals surface area contributed by atoms with Gasteiger partial charge in [-0.1, -0.05) is 0 Å². The number of thiocarbonyl (C=S) groups is 1. The normalized spacial score (nSPS) is 19.1. The third kappa shape index (κ3) is 6.18. The van der Waals surface area contributed by atoms with Crippen LogP contribution in [0.5, 0.6) is 5.75 Å². The van der Waals surface area contributed by atoms with E-state index < -0.39 is 11.9 Å². The number of carbonyl (C=O) groups is 2. The number of benzene rings is 2. The lowest BCUT2D eigenvalue weighted by Gasteiger charge is -2.33. The molecule has 0 bridgehead atoms. The molecule has 2 fully saturated rings. The highest BCUT2D eigenvalue weighted by Gasteiger charge is 2.43. The molecule has 192 valence electrons. The maximum atomic E-state index is 13.5. The first-order valence-electron chi connectivity index (χ1n) is 12.1. The molecule has 8 nitrogen and oxygen atoms in total. The molecule has 10 heteroatoms. The monoisotopic (exact) mass is 513 g/mol. The summed E-state index contributed by atoms with van der Waals surface area (Å²) < 4.78 is 18.7. The van der Waals surface area contributed by atoms with E-state index in [0.717, 1.165) is 39.1 Å². The lowest BCUT2D eigenvalue weighted by Crippen LogP contribution is -2.45. The molecule has 4 rings (SSSR count). The van der Waals surface area contributed by atoms with Crippen LogP contribution in [0.25, 0.3) is 0 Å². The van der Waals surface area contributed by atoms with E-state index >= 15 is 0 Å². The Balaban J connectivity index is 1.45. The van der Waals surface area contributed by atoms with Gasteiger partial charge >= 0.3 is 0 Å². The number of halogens is 1. The Labute approximate surface area is 216 Å². The highest BCUT2D eigenvalue weighted by Crippen LogP contribution is 2.28. The molecular formula is C26H32FN5O3S. The molecule has 0 aliphatic carbocycles. The third-order valence-electron chi connectivity index (χ3n) is 6.63. The van der Waals surface area contributed by atoms with Crippen molar-refractivity contribution in [3.63, 3.8) is 0 Å². The Kier molecular flexibility index (Phi) is 8.50. The number of ether oxygens (including phenoxy) is 1. The van der Waals surface area contributed by atoms with Gasteiger partial charge in [-0.15, -0.1) is 0 Å². The van der Waals surface area contributed by atoms with E-state index in [1.165, 1.54) is 29.2 Å². The van der Waals surface area contributed by atoms with E-state index in [4.69, 9.17) is 17.0 Å². The molecule has 1 atom stereocenters. The van der Waals surface area contributed by atoms with Crippen LogP contribution in [0.15, 0.2) is 48.5 Å². The Bertz CT molecular complexity index is 1070. The summed E-state index contributed by atoms with van der Waals surface area (Å²) >= 11 is 5.70. The molecule has 2 amide bonds. The van der Waals surface area contributed by atoms with Crippen molar-refractivity contribution in [2.45, 2.75) is 18.9 Å². The zero-order chi connectivity index (χ0) is 25.7. The molecule has 0 saturated carbocycles. The van der Waals surface area contributed by atoms with E-state index in [-0.39, 0.29) is 18.2 Å². The first-order chi connectivity index (χ1) is 17.4. The SMILES string of the molecule is COc1ccc(NC(=O)C[C@@H]2C(=O)N(c3ccc(F)cc3)C(=S)N2CCCN2CCN(C)CC2)cc1. The first kappa shape index (κ1) is 26.0. The summed E-state index contributed by atoms with van der Waals surface area (Å²) in [6, 6.07) is 11.9. The van der Waals surface area contributed by atoms with Crippen molar-refractivity contribution in [1.82, 2.24) is 14.7 Å². The molecule has 2 aliphatic rings. The van der Waals surface area contributed by atoms with Crippen molar-refractivity contribution in [2.75, 3.05) is 63.6 Å². The average Bonchev–Trinajstić information content (AvgIpc) is 3.10. The number of methoxy groups -OCH3 is 1. The molecule has 1 N–H and O–H groups in total. The van der Waals surface area contributed by atoms with Gasteiger partial charge in [0.05, 0.1) is 19.2 Å². The van der Waals surface area contributed by atoms with E-state index in [1.807, 2.05) is 4.90 Å². The predicted octanol–water partition coefficient (Wildman–Crippen LogP) is 2.80. The van der Waals surface area contributed by atoms with E-state index in [9.17, 15) is 14.0 Å². The summed E-state index contributed by atoms with van der Waals surface area (Å²) in [5, 5.41) is 3.19. The number of hydrogen-bond acceptors (Lipinski definition) is 6. The Morgan fingerprint density at radius 2 is 1.72 bits per heavy atom. The van der Waals surface area contributed by atoms with Crippen molar-refractivity contribution < 1.29 is 18.7 Å². The van der Waals surface area contributed by atoms with Gasteiger partial charge in [0.2, 0.25) is 5.91 Å². The van der Waals surface area contributed by atoms with Gasteiger partial charge in [0.25, 0.3) is 5.91 Å². The topological polar surface area (TPSA) is 68.4 Å². The quantitative estimate of drug-likeness (QED) is 0.517. The van der Waals surface area contributed by atoms with Crippen LogP contribution in [0.4, 0.5) is 15.8 Å². The van der Waals surface area contributed by atoms with Gasteiger partial charge in [-0.05, 0) is 80.8 Å². The molecule has 0 unspecified atom stereocenters. The lowest BCUT2D eigenvalue weighted by molar-refractivity contribution is -0.124. The standard InChI is InChI=1S/C26H32FN5O3S/c1-29-14-16-30(17-15-29)12-3-13-31-23(18-24(33)28-20-6-10-22(35-2)11-7-20)25(34)32(26(31)36)21-8-4-19(27)5-9-21/h4-11,23H,3,12-18H2,1-2H3,(H,28,33)/t23-/m1/s1. The second-order valence-corrected chi connectivity index (χ2v) is 9.49. The minimum atomic E-state index is -0.728. The van der Waals surface area contributed by atoms with Crippen LogP contribution in [0, 0.1) is 5.82 Å². The Hall–Kier alpha value is -3.08. The molecule has 2 aliphatic heterocycles. The lowest BCUT2D eigenvalue weighted by atomic mass is 10.1. The van der Waals surface area contributed by atoms with Crippen molar-refractivity contribution in [2.24, 2.45) is 0 Å². The predicted molar refractivity (Wildman–Crippen MR) is 142 cm³/mol. The second-order valence-electron chi connectivity index (χ2n) is 9.12. The highest BCUT2D eigenvalue weighted by molar-refractivity contribution is 7.80. The number of hydrogen-bond donors (Lipinski definition) is 1. The van der Waals surface area contributed by atoms with Crippen LogP contribution in [-0.4, -0.2) is 91.1 Å². The molecular weight excluding hydrogens is 481 g/mol. The summed E-state index contributed by atoms with van der Waals surface area (Å²) in [6.07, 6.45) is 0.766. The van der Waals surface area contributed by atoms with Crippen LogP contribution in [0.3, 0.4) is 0 Å². The molecule has 0 spiro atoms. The number of piperazine rings is 1. The molecule has 2 aromatic rings. The third-order valence-corrected chi connectivity index (χ3v) is 7.04. The van der Waals surface area contributed by atoms with E-state index in [0.29, 0.717) is 28.8 Å². The number of amides is 2. The molecule has 2 aromatic carbocycles. The minimum absolute atomic E-state index is 0.0444. The van der Waals surface area contributed by atoms with Crippen LogP contribution in [-0.2, 0) is 9.59 Å². The summed E-state index contributed by atoms with van der Waals surface area (Å²) in [7, 11) is 3.70. The van der Waals surface area contributed by atoms with Crippen LogP contribution in [0.1, 0.15) is 12.8 Å². The summed E-state index contributed by atoms with van der Waals surface area (Å²) in [5.74, 6) is -0.274. The average molecular weight is 514 g/mol. The van der Waals surface area contributed by atoms with Crippen molar-refractivity contribution in [1.29, 1.82) is 0 Å².